The fourth-order valence-corrected chi connectivity index (χ4v) is 5.71. The number of urea groups is 1. The van der Waals surface area contributed by atoms with Crippen LogP contribution < -0.4 is 10.1 Å². The molecule has 202 valence electrons. The van der Waals surface area contributed by atoms with Crippen LogP contribution in [0, 0.1) is 0 Å². The number of rotatable bonds is 7. The van der Waals surface area contributed by atoms with Crippen LogP contribution >= 0.6 is 22.9 Å². The average molecular weight is 554 g/mol. The van der Waals surface area contributed by atoms with Crippen LogP contribution in [0.5, 0.6) is 5.75 Å². The van der Waals surface area contributed by atoms with Crippen LogP contribution in [0.15, 0.2) is 60.0 Å². The van der Waals surface area contributed by atoms with Gasteiger partial charge in [-0.15, -0.1) is 11.3 Å². The number of hydrogen-bond acceptors (Lipinski definition) is 4. The van der Waals surface area contributed by atoms with E-state index < -0.39 is 5.54 Å². The summed E-state index contributed by atoms with van der Waals surface area (Å²) in [4.78, 5) is 31.8. The zero-order chi connectivity index (χ0) is 27.4. The fraction of sp³-hybridized carbons (Fsp3) is 0.400. The first-order valence-corrected chi connectivity index (χ1v) is 14.2. The van der Waals surface area contributed by atoms with E-state index in [0.29, 0.717) is 29.8 Å². The van der Waals surface area contributed by atoms with Gasteiger partial charge in [0.25, 0.3) is 0 Å². The Hall–Kier alpha value is -3.03. The number of ether oxygens (including phenoxy) is 1. The number of carbonyl (C=O) groups excluding carboxylic acids is 2. The molecule has 3 aromatic rings. The number of nitrogens with one attached hydrogen (secondary N) is 1. The van der Waals surface area contributed by atoms with E-state index in [9.17, 15) is 9.59 Å². The van der Waals surface area contributed by atoms with E-state index >= 15 is 0 Å². The van der Waals surface area contributed by atoms with Crippen LogP contribution in [0.3, 0.4) is 0 Å². The molecular weight excluding hydrogens is 518 g/mol. The molecule has 0 saturated heterocycles. The minimum absolute atomic E-state index is 0.0467. The Morgan fingerprint density at radius 1 is 1.16 bits per heavy atom. The molecular formula is C30H36ClN3O3S. The normalized spacial score (nSPS) is 15.2. The van der Waals surface area contributed by atoms with E-state index in [0.717, 1.165) is 17.7 Å². The molecule has 2 heterocycles. The first-order chi connectivity index (χ1) is 18.0. The summed E-state index contributed by atoms with van der Waals surface area (Å²) in [5, 5.41) is 5.49. The smallest absolute Gasteiger partial charge is 0.322 e. The number of amides is 3. The zero-order valence-electron chi connectivity index (χ0n) is 22.7. The first kappa shape index (κ1) is 28.0. The summed E-state index contributed by atoms with van der Waals surface area (Å²) in [6, 6.07) is 16.6. The highest BCUT2D eigenvalue weighted by Gasteiger charge is 2.36. The zero-order valence-corrected chi connectivity index (χ0v) is 24.2. The molecule has 1 atom stereocenters. The molecule has 0 fully saturated rings. The van der Waals surface area contributed by atoms with Gasteiger partial charge in [0.1, 0.15) is 18.9 Å². The molecule has 1 aliphatic heterocycles. The molecule has 1 N–H and O–H groups in total. The second-order valence-corrected chi connectivity index (χ2v) is 12.3. The topological polar surface area (TPSA) is 61.9 Å². The number of anilines is 1. The minimum atomic E-state index is -0.578. The number of nitrogens with zero attached hydrogens (tertiary/aromatic N) is 2. The molecule has 2 aromatic carbocycles. The Bertz CT molecular complexity index is 1270. The maximum absolute atomic E-state index is 13.8. The van der Waals surface area contributed by atoms with Crippen molar-refractivity contribution in [3.8, 4) is 5.75 Å². The summed E-state index contributed by atoms with van der Waals surface area (Å²) < 4.78 is 6.20. The van der Waals surface area contributed by atoms with Gasteiger partial charge in [0.05, 0.1) is 6.04 Å². The molecule has 0 saturated carbocycles. The van der Waals surface area contributed by atoms with Crippen molar-refractivity contribution in [2.75, 3.05) is 25.0 Å². The highest BCUT2D eigenvalue weighted by Crippen LogP contribution is 2.34. The lowest BCUT2D eigenvalue weighted by Crippen LogP contribution is -2.54. The van der Waals surface area contributed by atoms with E-state index in [2.05, 4.69) is 42.7 Å². The monoisotopic (exact) mass is 553 g/mol. The summed E-state index contributed by atoms with van der Waals surface area (Å²) in [5.41, 5.74) is 2.38. The van der Waals surface area contributed by atoms with Crippen LogP contribution in [0.2, 0.25) is 5.02 Å². The van der Waals surface area contributed by atoms with E-state index in [1.807, 2.05) is 37.8 Å². The predicted octanol–water partition coefficient (Wildman–Crippen LogP) is 7.36. The average Bonchev–Trinajstić information content (AvgIpc) is 3.34. The van der Waals surface area contributed by atoms with E-state index in [1.54, 1.807) is 40.5 Å². The lowest BCUT2D eigenvalue weighted by Gasteiger charge is -2.40. The molecule has 8 heteroatoms. The van der Waals surface area contributed by atoms with E-state index in [-0.39, 0.29) is 24.5 Å². The number of halogens is 1. The Morgan fingerprint density at radius 3 is 2.55 bits per heavy atom. The largest absolute Gasteiger partial charge is 0.491 e. The van der Waals surface area contributed by atoms with Gasteiger partial charge in [-0.3, -0.25) is 4.79 Å². The number of thiophene rings is 1. The molecule has 4 rings (SSSR count). The lowest BCUT2D eigenvalue weighted by atomic mass is 10.00. The van der Waals surface area contributed by atoms with Crippen LogP contribution in [-0.4, -0.2) is 47.0 Å². The molecule has 0 radical (unpaired) electrons. The van der Waals surface area contributed by atoms with Crippen LogP contribution in [0.4, 0.5) is 10.5 Å². The highest BCUT2D eigenvalue weighted by molar-refractivity contribution is 7.10. The maximum Gasteiger partial charge on any atom is 0.322 e. The van der Waals surface area contributed by atoms with E-state index in [4.69, 9.17) is 16.3 Å². The van der Waals surface area contributed by atoms with Crippen molar-refractivity contribution in [3.63, 3.8) is 0 Å². The lowest BCUT2D eigenvalue weighted by molar-refractivity contribution is -0.136. The van der Waals surface area contributed by atoms with Crippen LogP contribution in [0.1, 0.15) is 62.6 Å². The molecule has 0 aliphatic carbocycles. The number of benzene rings is 2. The minimum Gasteiger partial charge on any atom is -0.491 e. The van der Waals surface area contributed by atoms with Gasteiger partial charge in [0, 0.05) is 27.7 Å². The summed E-state index contributed by atoms with van der Waals surface area (Å²) in [7, 11) is 0. The van der Waals surface area contributed by atoms with Gasteiger partial charge >= 0.3 is 6.03 Å². The van der Waals surface area contributed by atoms with Gasteiger partial charge in [-0.1, -0.05) is 43.6 Å². The molecule has 1 aliphatic rings. The van der Waals surface area contributed by atoms with Crippen LogP contribution in [0.25, 0.3) is 0 Å². The second kappa shape index (κ2) is 11.8. The number of hydrogen-bond donors (Lipinski definition) is 1. The molecule has 0 spiro atoms. The van der Waals surface area contributed by atoms with Crippen molar-refractivity contribution < 1.29 is 14.3 Å². The summed E-state index contributed by atoms with van der Waals surface area (Å²) in [6.07, 6.45) is 0.794. The molecule has 6 nitrogen and oxygen atoms in total. The number of fused-ring (bicyclic) bond motifs is 1. The third-order valence-electron chi connectivity index (χ3n) is 6.79. The van der Waals surface area contributed by atoms with Gasteiger partial charge in [-0.2, -0.15) is 0 Å². The third kappa shape index (κ3) is 6.69. The van der Waals surface area contributed by atoms with Gasteiger partial charge in [0.15, 0.2) is 0 Å². The second-order valence-electron chi connectivity index (χ2n) is 10.9. The molecule has 1 unspecified atom stereocenters. The van der Waals surface area contributed by atoms with Crippen molar-refractivity contribution in [1.29, 1.82) is 0 Å². The quantitative estimate of drug-likeness (QED) is 0.332. The van der Waals surface area contributed by atoms with Crippen molar-refractivity contribution in [1.82, 2.24) is 9.80 Å². The predicted molar refractivity (Wildman–Crippen MR) is 155 cm³/mol. The summed E-state index contributed by atoms with van der Waals surface area (Å²) in [6.45, 7) is 11.0. The van der Waals surface area contributed by atoms with Gasteiger partial charge in [-0.05, 0) is 86.0 Å². The molecule has 3 amide bonds. The van der Waals surface area contributed by atoms with E-state index in [1.165, 1.54) is 10.4 Å². The summed E-state index contributed by atoms with van der Waals surface area (Å²) in [5.74, 6) is 1.12. The van der Waals surface area contributed by atoms with Gasteiger partial charge in [0.2, 0.25) is 5.91 Å². The van der Waals surface area contributed by atoms with Crippen molar-refractivity contribution in [2.45, 2.75) is 58.5 Å². The van der Waals surface area contributed by atoms with Gasteiger partial charge < -0.3 is 19.9 Å². The molecule has 0 bridgehead atoms. The fourth-order valence-electron chi connectivity index (χ4n) is 4.60. The Kier molecular flexibility index (Phi) is 8.68. The maximum atomic E-state index is 13.8. The summed E-state index contributed by atoms with van der Waals surface area (Å²) >= 11 is 7.81. The van der Waals surface area contributed by atoms with Crippen molar-refractivity contribution in [2.24, 2.45) is 0 Å². The third-order valence-corrected chi connectivity index (χ3v) is 8.03. The van der Waals surface area contributed by atoms with Crippen molar-refractivity contribution in [3.05, 3.63) is 81.0 Å². The molecule has 1 aromatic heterocycles. The Labute approximate surface area is 234 Å². The standard InChI is InChI=1S/C30H36ClN3O3S/c1-20(2)21-9-11-24(12-10-21)37-19-26-25-14-16-38-27(25)13-15-33(26)28(35)18-34(30(3,4)5)29(36)32-23-8-6-7-22(31)17-23/h6-12,14,16-17,20,26H,13,15,18-19H2,1-5H3,(H,32,36). The SMILES string of the molecule is CC(C)c1ccc(OCC2c3ccsc3CCN2C(=O)CN(C(=O)Nc2cccc(Cl)c2)C(C)(C)C)cc1. The Morgan fingerprint density at radius 2 is 1.89 bits per heavy atom. The first-order valence-electron chi connectivity index (χ1n) is 13.0. The van der Waals surface area contributed by atoms with Crippen molar-refractivity contribution >= 4 is 40.6 Å². The highest BCUT2D eigenvalue weighted by atomic mass is 35.5. The Balaban J connectivity index is 1.51. The molecule has 38 heavy (non-hydrogen) atoms. The van der Waals surface area contributed by atoms with Gasteiger partial charge in [-0.25, -0.2) is 4.79 Å². The van der Waals surface area contributed by atoms with Crippen LogP contribution in [-0.2, 0) is 11.2 Å². The number of carbonyl (C=O) groups is 2.